The maximum Gasteiger partial charge on any atom is 0.220 e. The molecule has 0 unspecified atom stereocenters. The second-order valence-electron chi connectivity index (χ2n) is 4.75. The number of halogens is 2. The van der Waals surface area contributed by atoms with Crippen LogP contribution in [0.25, 0.3) is 0 Å². The first-order valence-corrected chi connectivity index (χ1v) is 7.14. The summed E-state index contributed by atoms with van der Waals surface area (Å²) in [7, 11) is 0. The van der Waals surface area contributed by atoms with E-state index >= 15 is 0 Å². The molecule has 1 amide bonds. The minimum atomic E-state index is 0.0953. The van der Waals surface area contributed by atoms with E-state index in [-0.39, 0.29) is 5.91 Å². The van der Waals surface area contributed by atoms with Gasteiger partial charge in [-0.25, -0.2) is 0 Å². The van der Waals surface area contributed by atoms with E-state index in [0.29, 0.717) is 28.9 Å². The smallest absolute Gasteiger partial charge is 0.220 e. The number of benzene rings is 1. The molecule has 2 nitrogen and oxygen atoms in total. The predicted octanol–water partition coefficient (Wildman–Crippen LogP) is 3.98. The summed E-state index contributed by atoms with van der Waals surface area (Å²) in [5.74, 6) is 0.0953. The van der Waals surface area contributed by atoms with E-state index in [1.807, 2.05) is 6.07 Å². The van der Waals surface area contributed by atoms with Gasteiger partial charge in [0.2, 0.25) is 5.91 Å². The van der Waals surface area contributed by atoms with Gasteiger partial charge in [0.1, 0.15) is 0 Å². The van der Waals surface area contributed by atoms with Crippen LogP contribution in [-0.4, -0.2) is 11.9 Å². The van der Waals surface area contributed by atoms with E-state index in [1.165, 1.54) is 12.8 Å². The number of rotatable bonds is 4. The Labute approximate surface area is 118 Å². The fraction of sp³-hybridized carbons (Fsp3) is 0.500. The Morgan fingerprint density at radius 1 is 1.22 bits per heavy atom. The highest BCUT2D eigenvalue weighted by Gasteiger charge is 2.17. The maximum absolute atomic E-state index is 11.8. The number of carbonyl (C=O) groups is 1. The van der Waals surface area contributed by atoms with E-state index in [0.717, 1.165) is 18.4 Å². The molecule has 1 fully saturated rings. The van der Waals surface area contributed by atoms with Crippen molar-refractivity contribution in [3.8, 4) is 0 Å². The summed E-state index contributed by atoms with van der Waals surface area (Å²) in [6, 6.07) is 5.79. The molecule has 98 valence electrons. The molecule has 0 aromatic heterocycles. The highest BCUT2D eigenvalue weighted by atomic mass is 35.5. The second-order valence-corrected chi connectivity index (χ2v) is 5.56. The summed E-state index contributed by atoms with van der Waals surface area (Å²) >= 11 is 12.1. The summed E-state index contributed by atoms with van der Waals surface area (Å²) in [5, 5.41) is 4.33. The molecule has 1 saturated carbocycles. The molecule has 1 aliphatic carbocycles. The fourth-order valence-corrected chi connectivity index (χ4v) is 2.97. The minimum Gasteiger partial charge on any atom is -0.353 e. The molecule has 18 heavy (non-hydrogen) atoms. The zero-order valence-corrected chi connectivity index (χ0v) is 11.7. The van der Waals surface area contributed by atoms with E-state index in [9.17, 15) is 4.79 Å². The lowest BCUT2D eigenvalue weighted by atomic mass is 10.1. The van der Waals surface area contributed by atoms with E-state index < -0.39 is 0 Å². The van der Waals surface area contributed by atoms with Gasteiger partial charge in [-0.2, -0.15) is 0 Å². The monoisotopic (exact) mass is 285 g/mol. The third-order valence-corrected chi connectivity index (χ3v) is 4.09. The lowest BCUT2D eigenvalue weighted by Gasteiger charge is -2.12. The molecule has 0 bridgehead atoms. The van der Waals surface area contributed by atoms with Crippen LogP contribution in [0.3, 0.4) is 0 Å². The second kappa shape index (κ2) is 6.44. The highest BCUT2D eigenvalue weighted by Crippen LogP contribution is 2.25. The SMILES string of the molecule is O=C(CCc1c(Cl)cccc1Cl)NC1CCCC1. The number of amides is 1. The Hall–Kier alpha value is -0.730. The van der Waals surface area contributed by atoms with Crippen molar-refractivity contribution in [2.24, 2.45) is 0 Å². The fourth-order valence-electron chi connectivity index (χ4n) is 2.38. The van der Waals surface area contributed by atoms with E-state index in [4.69, 9.17) is 23.2 Å². The van der Waals surface area contributed by atoms with Crippen LogP contribution in [0.15, 0.2) is 18.2 Å². The van der Waals surface area contributed by atoms with Crippen molar-refractivity contribution >= 4 is 29.1 Å². The first-order chi connectivity index (χ1) is 8.66. The first-order valence-electron chi connectivity index (χ1n) is 6.39. The zero-order valence-electron chi connectivity index (χ0n) is 10.2. The molecule has 2 rings (SSSR count). The lowest BCUT2D eigenvalue weighted by Crippen LogP contribution is -2.32. The van der Waals surface area contributed by atoms with Crippen LogP contribution in [0.2, 0.25) is 10.0 Å². The predicted molar refractivity (Wildman–Crippen MR) is 75.2 cm³/mol. The Kier molecular flexibility index (Phi) is 4.90. The van der Waals surface area contributed by atoms with E-state index in [2.05, 4.69) is 5.32 Å². The van der Waals surface area contributed by atoms with Gasteiger partial charge < -0.3 is 5.32 Å². The van der Waals surface area contributed by atoms with Crippen molar-refractivity contribution in [1.29, 1.82) is 0 Å². The Bertz CT molecular complexity index is 408. The molecule has 4 heteroatoms. The van der Waals surface area contributed by atoms with Crippen molar-refractivity contribution < 1.29 is 4.79 Å². The van der Waals surface area contributed by atoms with Crippen molar-refractivity contribution in [2.45, 2.75) is 44.6 Å². The van der Waals surface area contributed by atoms with Crippen molar-refractivity contribution in [1.82, 2.24) is 5.32 Å². The number of carbonyl (C=O) groups excluding carboxylic acids is 1. The zero-order chi connectivity index (χ0) is 13.0. The molecule has 0 spiro atoms. The van der Waals surface area contributed by atoms with Gasteiger partial charge in [-0.05, 0) is 37.0 Å². The van der Waals surface area contributed by atoms with Crippen molar-refractivity contribution in [2.75, 3.05) is 0 Å². The Morgan fingerprint density at radius 2 is 1.83 bits per heavy atom. The van der Waals surface area contributed by atoms with Crippen LogP contribution in [-0.2, 0) is 11.2 Å². The molecular formula is C14H17Cl2NO. The molecule has 0 atom stereocenters. The molecule has 0 saturated heterocycles. The largest absolute Gasteiger partial charge is 0.353 e. The van der Waals surface area contributed by atoms with Crippen LogP contribution in [0, 0.1) is 0 Å². The minimum absolute atomic E-state index is 0.0953. The molecule has 1 aromatic carbocycles. The summed E-state index contributed by atoms with van der Waals surface area (Å²) in [4.78, 5) is 11.8. The average Bonchev–Trinajstić information content (AvgIpc) is 2.81. The van der Waals surface area contributed by atoms with Gasteiger partial charge in [-0.1, -0.05) is 42.1 Å². The molecule has 0 radical (unpaired) electrons. The summed E-state index contributed by atoms with van der Waals surface area (Å²) in [6.45, 7) is 0. The molecule has 0 aliphatic heterocycles. The van der Waals surface area contributed by atoms with Gasteiger partial charge in [0.25, 0.3) is 0 Å². The van der Waals surface area contributed by atoms with Gasteiger partial charge in [-0.15, -0.1) is 0 Å². The number of nitrogens with one attached hydrogen (secondary N) is 1. The molecule has 1 N–H and O–H groups in total. The Morgan fingerprint density at radius 3 is 2.44 bits per heavy atom. The first kappa shape index (κ1) is 13.7. The van der Waals surface area contributed by atoms with Crippen LogP contribution in [0.1, 0.15) is 37.7 Å². The number of hydrogen-bond acceptors (Lipinski definition) is 1. The molecule has 1 aliphatic rings. The van der Waals surface area contributed by atoms with Gasteiger partial charge in [0.05, 0.1) is 0 Å². The summed E-state index contributed by atoms with van der Waals surface area (Å²) in [6.07, 6.45) is 5.71. The van der Waals surface area contributed by atoms with Crippen LogP contribution in [0.4, 0.5) is 0 Å². The molecule has 0 heterocycles. The average molecular weight is 286 g/mol. The van der Waals surface area contributed by atoms with Crippen LogP contribution < -0.4 is 5.32 Å². The third kappa shape index (κ3) is 3.63. The highest BCUT2D eigenvalue weighted by molar-refractivity contribution is 6.36. The lowest BCUT2D eigenvalue weighted by molar-refractivity contribution is -0.121. The number of hydrogen-bond donors (Lipinski definition) is 1. The van der Waals surface area contributed by atoms with Gasteiger partial charge in [0, 0.05) is 22.5 Å². The normalized spacial score (nSPS) is 15.9. The van der Waals surface area contributed by atoms with E-state index in [1.54, 1.807) is 12.1 Å². The molecule has 1 aromatic rings. The maximum atomic E-state index is 11.8. The van der Waals surface area contributed by atoms with Crippen molar-refractivity contribution in [3.05, 3.63) is 33.8 Å². The standard InChI is InChI=1S/C14H17Cl2NO/c15-12-6-3-7-13(16)11(12)8-9-14(18)17-10-4-1-2-5-10/h3,6-7,10H,1-2,4-5,8-9H2,(H,17,18). The van der Waals surface area contributed by atoms with Gasteiger partial charge in [-0.3, -0.25) is 4.79 Å². The molecular weight excluding hydrogens is 269 g/mol. The summed E-state index contributed by atoms with van der Waals surface area (Å²) < 4.78 is 0. The van der Waals surface area contributed by atoms with Crippen molar-refractivity contribution in [3.63, 3.8) is 0 Å². The van der Waals surface area contributed by atoms with Gasteiger partial charge in [0.15, 0.2) is 0 Å². The van der Waals surface area contributed by atoms with Crippen LogP contribution >= 0.6 is 23.2 Å². The topological polar surface area (TPSA) is 29.1 Å². The van der Waals surface area contributed by atoms with Crippen LogP contribution in [0.5, 0.6) is 0 Å². The third-order valence-electron chi connectivity index (χ3n) is 3.38. The quantitative estimate of drug-likeness (QED) is 0.891. The summed E-state index contributed by atoms with van der Waals surface area (Å²) in [5.41, 5.74) is 0.863. The Balaban J connectivity index is 1.85. The van der Waals surface area contributed by atoms with Gasteiger partial charge >= 0.3 is 0 Å².